The van der Waals surface area contributed by atoms with Crippen LogP contribution in [-0.4, -0.2) is 63.7 Å². The van der Waals surface area contributed by atoms with Gasteiger partial charge >= 0.3 is 5.97 Å². The average molecular weight is 284 g/mol. The van der Waals surface area contributed by atoms with Gasteiger partial charge in [-0.2, -0.15) is 0 Å². The Bertz CT molecular complexity index is 449. The van der Waals surface area contributed by atoms with Crippen molar-refractivity contribution in [2.45, 2.75) is 30.7 Å². The molecule has 0 unspecified atom stereocenters. The molecule has 4 N–H and O–H groups in total. The third kappa shape index (κ3) is 2.97. The lowest BCUT2D eigenvalue weighted by molar-refractivity contribution is -0.285. The highest BCUT2D eigenvalue weighted by Gasteiger charge is 2.46. The highest BCUT2D eigenvalue weighted by atomic mass is 16.7. The summed E-state index contributed by atoms with van der Waals surface area (Å²) in [6, 6.07) is 8.03. The summed E-state index contributed by atoms with van der Waals surface area (Å²) in [5.74, 6) is -0.750. The fraction of sp³-hybridized carbons (Fsp3) is 0.462. The van der Waals surface area contributed by atoms with E-state index in [2.05, 4.69) is 0 Å². The van der Waals surface area contributed by atoms with Gasteiger partial charge in [0.2, 0.25) is 0 Å². The molecule has 1 aliphatic rings. The first-order chi connectivity index (χ1) is 9.54. The van der Waals surface area contributed by atoms with Gasteiger partial charge in [0.25, 0.3) is 0 Å². The minimum Gasteiger partial charge on any atom is -0.453 e. The summed E-state index contributed by atoms with van der Waals surface area (Å²) in [6.45, 7) is -0.579. The summed E-state index contributed by atoms with van der Waals surface area (Å²) < 4.78 is 9.81. The third-order valence-corrected chi connectivity index (χ3v) is 3.09. The highest BCUT2D eigenvalue weighted by molar-refractivity contribution is 5.89. The first-order valence-corrected chi connectivity index (χ1v) is 6.11. The zero-order valence-electron chi connectivity index (χ0n) is 10.5. The Balaban J connectivity index is 2.11. The minimum absolute atomic E-state index is 0.244. The zero-order valence-corrected chi connectivity index (χ0v) is 10.5. The van der Waals surface area contributed by atoms with Crippen LogP contribution in [0.5, 0.6) is 0 Å². The molecule has 1 saturated heterocycles. The van der Waals surface area contributed by atoms with Crippen LogP contribution >= 0.6 is 0 Å². The van der Waals surface area contributed by atoms with E-state index >= 15 is 0 Å². The second-order valence-corrected chi connectivity index (χ2v) is 4.46. The summed E-state index contributed by atoms with van der Waals surface area (Å²) in [6.07, 6.45) is -7.21. The van der Waals surface area contributed by atoms with E-state index in [1.165, 1.54) is 12.1 Å². The van der Waals surface area contributed by atoms with Crippen molar-refractivity contribution in [1.82, 2.24) is 0 Å². The van der Waals surface area contributed by atoms with Crippen molar-refractivity contribution >= 4 is 5.97 Å². The number of benzene rings is 1. The van der Waals surface area contributed by atoms with Crippen molar-refractivity contribution in [2.24, 2.45) is 0 Å². The Morgan fingerprint density at radius 2 is 1.80 bits per heavy atom. The van der Waals surface area contributed by atoms with Crippen molar-refractivity contribution in [2.75, 3.05) is 6.61 Å². The second-order valence-electron chi connectivity index (χ2n) is 4.46. The van der Waals surface area contributed by atoms with E-state index in [9.17, 15) is 20.1 Å². The largest absolute Gasteiger partial charge is 0.453 e. The van der Waals surface area contributed by atoms with E-state index in [1.54, 1.807) is 18.2 Å². The summed E-state index contributed by atoms with van der Waals surface area (Å²) in [4.78, 5) is 11.9. The van der Waals surface area contributed by atoms with Crippen LogP contribution in [0.3, 0.4) is 0 Å². The van der Waals surface area contributed by atoms with Crippen molar-refractivity contribution < 1.29 is 34.7 Å². The minimum atomic E-state index is -1.65. The Hall–Kier alpha value is -1.51. The monoisotopic (exact) mass is 284 g/mol. The number of esters is 1. The van der Waals surface area contributed by atoms with E-state index in [4.69, 9.17) is 14.6 Å². The first kappa shape index (κ1) is 14.9. The van der Waals surface area contributed by atoms with E-state index in [0.717, 1.165) is 0 Å². The molecule has 20 heavy (non-hydrogen) atoms. The fourth-order valence-electron chi connectivity index (χ4n) is 1.97. The van der Waals surface area contributed by atoms with Crippen LogP contribution in [0.4, 0.5) is 0 Å². The van der Waals surface area contributed by atoms with E-state index < -0.39 is 43.3 Å². The Labute approximate surface area is 115 Å². The molecule has 7 heteroatoms. The number of aliphatic hydroxyl groups excluding tert-OH is 4. The van der Waals surface area contributed by atoms with Crippen molar-refractivity contribution in [3.63, 3.8) is 0 Å². The number of aliphatic hydroxyl groups is 4. The molecule has 5 atom stereocenters. The van der Waals surface area contributed by atoms with Gasteiger partial charge in [-0.15, -0.1) is 0 Å². The summed E-state index contributed by atoms with van der Waals surface area (Å²) in [5.41, 5.74) is 0.244. The molecule has 110 valence electrons. The molecule has 0 bridgehead atoms. The summed E-state index contributed by atoms with van der Waals surface area (Å²) in [5, 5.41) is 38.1. The molecule has 1 fully saturated rings. The predicted octanol–water partition coefficient (Wildman–Crippen LogP) is -1.36. The molecule has 0 amide bonds. The van der Waals surface area contributed by atoms with Gasteiger partial charge in [-0.3, -0.25) is 0 Å². The number of carbonyl (C=O) groups excluding carboxylic acids is 1. The number of carbonyl (C=O) groups is 1. The van der Waals surface area contributed by atoms with E-state index in [1.807, 2.05) is 0 Å². The molecule has 7 nitrogen and oxygen atoms in total. The normalized spacial score (nSPS) is 33.7. The first-order valence-electron chi connectivity index (χ1n) is 6.11. The van der Waals surface area contributed by atoms with Crippen LogP contribution in [0.1, 0.15) is 10.4 Å². The highest BCUT2D eigenvalue weighted by Crippen LogP contribution is 2.23. The molecule has 1 aromatic carbocycles. The van der Waals surface area contributed by atoms with Crippen LogP contribution in [0.15, 0.2) is 30.3 Å². The molecule has 0 radical (unpaired) electrons. The van der Waals surface area contributed by atoms with Gasteiger partial charge in [-0.25, -0.2) is 4.79 Å². The van der Waals surface area contributed by atoms with Crippen LogP contribution in [0.25, 0.3) is 0 Å². The maximum atomic E-state index is 11.9. The predicted molar refractivity (Wildman–Crippen MR) is 65.6 cm³/mol. The van der Waals surface area contributed by atoms with Crippen LogP contribution in [-0.2, 0) is 9.47 Å². The average Bonchev–Trinajstić information content (AvgIpc) is 2.48. The Morgan fingerprint density at radius 3 is 2.40 bits per heavy atom. The molecule has 1 aliphatic heterocycles. The van der Waals surface area contributed by atoms with Gasteiger partial charge in [-0.05, 0) is 12.1 Å². The van der Waals surface area contributed by atoms with Crippen molar-refractivity contribution in [3.8, 4) is 0 Å². The molecule has 0 aliphatic carbocycles. The number of ether oxygens (including phenoxy) is 2. The van der Waals surface area contributed by atoms with Gasteiger partial charge in [0, 0.05) is 0 Å². The fourth-order valence-corrected chi connectivity index (χ4v) is 1.97. The van der Waals surface area contributed by atoms with Gasteiger partial charge in [0.15, 0.2) is 12.4 Å². The van der Waals surface area contributed by atoms with Gasteiger partial charge in [0.1, 0.15) is 18.3 Å². The molecule has 2 rings (SSSR count). The van der Waals surface area contributed by atoms with Crippen LogP contribution in [0.2, 0.25) is 0 Å². The lowest BCUT2D eigenvalue weighted by Gasteiger charge is -2.39. The molecule has 0 aromatic heterocycles. The Kier molecular flexibility index (Phi) is 4.69. The SMILES string of the molecule is O=C(O[C@@H]1[C@@H](O)[C@@H](O)O[C@H](CO)[C@H]1O)c1ccccc1. The summed E-state index contributed by atoms with van der Waals surface area (Å²) in [7, 11) is 0. The quantitative estimate of drug-likeness (QED) is 0.507. The standard InChI is InChI=1S/C13H16O7/c14-6-8-9(15)11(10(16)13(18)19-8)20-12(17)7-4-2-1-3-5-7/h1-5,8-11,13-16,18H,6H2/t8-,9-,10-,11+,13+/m1/s1. The summed E-state index contributed by atoms with van der Waals surface area (Å²) >= 11 is 0. The molecule has 1 aromatic rings. The number of hydrogen-bond donors (Lipinski definition) is 4. The smallest absolute Gasteiger partial charge is 0.338 e. The lowest BCUT2D eigenvalue weighted by atomic mass is 9.99. The van der Waals surface area contributed by atoms with Crippen LogP contribution in [0, 0.1) is 0 Å². The van der Waals surface area contributed by atoms with Gasteiger partial charge in [-0.1, -0.05) is 18.2 Å². The van der Waals surface area contributed by atoms with Crippen molar-refractivity contribution in [3.05, 3.63) is 35.9 Å². The Morgan fingerprint density at radius 1 is 1.15 bits per heavy atom. The van der Waals surface area contributed by atoms with Gasteiger partial charge < -0.3 is 29.9 Å². The topological polar surface area (TPSA) is 116 Å². The van der Waals surface area contributed by atoms with E-state index in [-0.39, 0.29) is 5.56 Å². The maximum absolute atomic E-state index is 11.9. The van der Waals surface area contributed by atoms with Gasteiger partial charge in [0.05, 0.1) is 12.2 Å². The molecule has 0 spiro atoms. The second kappa shape index (κ2) is 6.29. The number of hydrogen-bond acceptors (Lipinski definition) is 7. The third-order valence-electron chi connectivity index (χ3n) is 3.09. The van der Waals surface area contributed by atoms with E-state index in [0.29, 0.717) is 0 Å². The maximum Gasteiger partial charge on any atom is 0.338 e. The molecular formula is C13H16O7. The lowest BCUT2D eigenvalue weighted by Crippen LogP contribution is -2.59. The van der Waals surface area contributed by atoms with Crippen molar-refractivity contribution in [1.29, 1.82) is 0 Å². The zero-order chi connectivity index (χ0) is 14.7. The number of rotatable bonds is 3. The molecule has 1 heterocycles. The van der Waals surface area contributed by atoms with Crippen LogP contribution < -0.4 is 0 Å². The molecular weight excluding hydrogens is 268 g/mol. The molecule has 0 saturated carbocycles.